The van der Waals surface area contributed by atoms with E-state index in [2.05, 4.69) is 41.4 Å². The second kappa shape index (κ2) is 6.73. The normalized spacial score (nSPS) is 27.9. The summed E-state index contributed by atoms with van der Waals surface area (Å²) in [6.45, 7) is 8.38. The van der Waals surface area contributed by atoms with Gasteiger partial charge in [0.05, 0.1) is 0 Å². The quantitative estimate of drug-likeness (QED) is 0.907. The molecular formula is C18H28N2. The Balaban J connectivity index is 1.64. The molecule has 0 spiro atoms. The smallest absolute Gasteiger partial charge is 0.0208 e. The molecule has 2 heteroatoms. The van der Waals surface area contributed by atoms with E-state index in [9.17, 15) is 0 Å². The number of hydrogen-bond acceptors (Lipinski definition) is 2. The average molecular weight is 272 g/mol. The molecule has 2 nitrogen and oxygen atoms in total. The van der Waals surface area contributed by atoms with Crippen molar-refractivity contribution >= 4 is 0 Å². The number of hydrogen-bond donors (Lipinski definition) is 1. The van der Waals surface area contributed by atoms with Gasteiger partial charge in [0.25, 0.3) is 0 Å². The van der Waals surface area contributed by atoms with Gasteiger partial charge in [0, 0.05) is 25.6 Å². The Morgan fingerprint density at radius 1 is 1.20 bits per heavy atom. The van der Waals surface area contributed by atoms with Crippen molar-refractivity contribution in [1.82, 2.24) is 10.2 Å². The average Bonchev–Trinajstić information content (AvgIpc) is 2.73. The minimum absolute atomic E-state index is 0.679. The van der Waals surface area contributed by atoms with E-state index in [0.29, 0.717) is 5.92 Å². The first-order valence-electron chi connectivity index (χ1n) is 8.37. The van der Waals surface area contributed by atoms with Crippen LogP contribution in [0.3, 0.4) is 0 Å². The fourth-order valence-corrected chi connectivity index (χ4v) is 3.87. The Labute approximate surface area is 123 Å². The number of nitrogens with zero attached hydrogens (tertiary/aromatic N) is 1. The number of benzene rings is 1. The third-order valence-corrected chi connectivity index (χ3v) is 5.20. The molecule has 20 heavy (non-hydrogen) atoms. The standard InChI is InChI=1S/C18H28N2/c1-2-15-6-5-10-20(11-9-15)14-17-13-19-12-16-7-3-4-8-18(16)17/h3-4,7-8,15,17,19H,2,5-6,9-14H2,1H3. The van der Waals surface area contributed by atoms with Gasteiger partial charge in [0.2, 0.25) is 0 Å². The predicted molar refractivity (Wildman–Crippen MR) is 85.0 cm³/mol. The second-order valence-electron chi connectivity index (χ2n) is 6.53. The van der Waals surface area contributed by atoms with Crippen LogP contribution < -0.4 is 5.32 Å². The highest BCUT2D eigenvalue weighted by Crippen LogP contribution is 2.26. The third kappa shape index (κ3) is 3.24. The molecule has 0 radical (unpaired) electrons. The van der Waals surface area contributed by atoms with Gasteiger partial charge in [-0.15, -0.1) is 0 Å². The van der Waals surface area contributed by atoms with E-state index in [1.807, 2.05) is 0 Å². The summed E-state index contributed by atoms with van der Waals surface area (Å²) in [6, 6.07) is 8.99. The van der Waals surface area contributed by atoms with Gasteiger partial charge in [-0.3, -0.25) is 0 Å². The lowest BCUT2D eigenvalue weighted by Crippen LogP contribution is -2.37. The van der Waals surface area contributed by atoms with Gasteiger partial charge in [-0.25, -0.2) is 0 Å². The fraction of sp³-hybridized carbons (Fsp3) is 0.667. The molecule has 2 aliphatic rings. The maximum absolute atomic E-state index is 3.59. The fourth-order valence-electron chi connectivity index (χ4n) is 3.87. The molecule has 0 saturated carbocycles. The SMILES string of the molecule is CCC1CCCN(CC2CNCc3ccccc32)CC1. The van der Waals surface area contributed by atoms with Crippen molar-refractivity contribution in [3.05, 3.63) is 35.4 Å². The number of nitrogens with one attached hydrogen (secondary N) is 1. The molecular weight excluding hydrogens is 244 g/mol. The minimum atomic E-state index is 0.679. The molecule has 110 valence electrons. The summed E-state index contributed by atoms with van der Waals surface area (Å²) in [6.07, 6.45) is 5.59. The van der Waals surface area contributed by atoms with Crippen LogP contribution in [0.4, 0.5) is 0 Å². The molecule has 1 saturated heterocycles. The van der Waals surface area contributed by atoms with Crippen molar-refractivity contribution in [2.24, 2.45) is 5.92 Å². The lowest BCUT2D eigenvalue weighted by atomic mass is 9.90. The van der Waals surface area contributed by atoms with Gasteiger partial charge < -0.3 is 10.2 Å². The molecule has 1 fully saturated rings. The topological polar surface area (TPSA) is 15.3 Å². The molecule has 1 aromatic carbocycles. The van der Waals surface area contributed by atoms with Crippen LogP contribution in [0.5, 0.6) is 0 Å². The van der Waals surface area contributed by atoms with E-state index in [4.69, 9.17) is 0 Å². The molecule has 1 aromatic rings. The van der Waals surface area contributed by atoms with Gasteiger partial charge in [0.15, 0.2) is 0 Å². The highest BCUT2D eigenvalue weighted by Gasteiger charge is 2.23. The van der Waals surface area contributed by atoms with Crippen molar-refractivity contribution in [3.8, 4) is 0 Å². The van der Waals surface area contributed by atoms with Gasteiger partial charge in [-0.05, 0) is 49.4 Å². The summed E-state index contributed by atoms with van der Waals surface area (Å²) >= 11 is 0. The zero-order valence-corrected chi connectivity index (χ0v) is 12.8. The molecule has 0 bridgehead atoms. The van der Waals surface area contributed by atoms with Crippen LogP contribution in [0.25, 0.3) is 0 Å². The van der Waals surface area contributed by atoms with E-state index in [-0.39, 0.29) is 0 Å². The predicted octanol–water partition coefficient (Wildman–Crippen LogP) is 3.39. The summed E-state index contributed by atoms with van der Waals surface area (Å²) in [7, 11) is 0. The summed E-state index contributed by atoms with van der Waals surface area (Å²) in [5.41, 5.74) is 3.09. The maximum Gasteiger partial charge on any atom is 0.0208 e. The first-order valence-corrected chi connectivity index (χ1v) is 8.37. The van der Waals surface area contributed by atoms with Crippen molar-refractivity contribution in [2.45, 2.75) is 45.1 Å². The molecule has 2 heterocycles. The summed E-state index contributed by atoms with van der Waals surface area (Å²) in [4.78, 5) is 2.71. The van der Waals surface area contributed by atoms with E-state index < -0.39 is 0 Å². The summed E-state index contributed by atoms with van der Waals surface area (Å²) < 4.78 is 0. The van der Waals surface area contributed by atoms with E-state index in [0.717, 1.165) is 19.0 Å². The molecule has 1 N–H and O–H groups in total. The molecule has 0 amide bonds. The maximum atomic E-state index is 3.59. The van der Waals surface area contributed by atoms with Gasteiger partial charge >= 0.3 is 0 Å². The minimum Gasteiger partial charge on any atom is -0.312 e. The second-order valence-corrected chi connectivity index (χ2v) is 6.53. The van der Waals surface area contributed by atoms with E-state index in [1.165, 1.54) is 50.9 Å². The van der Waals surface area contributed by atoms with Crippen LogP contribution in [0.2, 0.25) is 0 Å². The van der Waals surface area contributed by atoms with E-state index >= 15 is 0 Å². The Bertz CT molecular complexity index is 429. The molecule has 3 rings (SSSR count). The first-order chi connectivity index (χ1) is 9.86. The number of likely N-dealkylation sites (tertiary alicyclic amines) is 1. The largest absolute Gasteiger partial charge is 0.312 e. The summed E-state index contributed by atoms with van der Waals surface area (Å²) in [5, 5.41) is 3.59. The monoisotopic (exact) mass is 272 g/mol. The Morgan fingerprint density at radius 2 is 2.10 bits per heavy atom. The molecule has 0 aliphatic carbocycles. The lowest BCUT2D eigenvalue weighted by molar-refractivity contribution is 0.255. The van der Waals surface area contributed by atoms with Crippen LogP contribution in [0, 0.1) is 5.92 Å². The molecule has 2 aliphatic heterocycles. The van der Waals surface area contributed by atoms with Crippen LogP contribution in [0.1, 0.15) is 49.7 Å². The highest BCUT2D eigenvalue weighted by atomic mass is 15.1. The van der Waals surface area contributed by atoms with Crippen LogP contribution in [-0.2, 0) is 6.54 Å². The summed E-state index contributed by atoms with van der Waals surface area (Å²) in [5.74, 6) is 1.65. The van der Waals surface area contributed by atoms with Gasteiger partial charge in [-0.1, -0.05) is 37.6 Å². The molecule has 2 unspecified atom stereocenters. The van der Waals surface area contributed by atoms with Gasteiger partial charge in [-0.2, -0.15) is 0 Å². The zero-order valence-electron chi connectivity index (χ0n) is 12.8. The third-order valence-electron chi connectivity index (χ3n) is 5.20. The van der Waals surface area contributed by atoms with Crippen molar-refractivity contribution in [2.75, 3.05) is 26.2 Å². The Hall–Kier alpha value is -0.860. The number of rotatable bonds is 3. The lowest BCUT2D eigenvalue weighted by Gasteiger charge is -2.31. The highest BCUT2D eigenvalue weighted by molar-refractivity contribution is 5.32. The first kappa shape index (κ1) is 14.1. The molecule has 2 atom stereocenters. The number of fused-ring (bicyclic) bond motifs is 1. The Kier molecular flexibility index (Phi) is 4.74. The molecule has 0 aromatic heterocycles. The van der Waals surface area contributed by atoms with Crippen molar-refractivity contribution < 1.29 is 0 Å². The van der Waals surface area contributed by atoms with Crippen LogP contribution in [-0.4, -0.2) is 31.1 Å². The van der Waals surface area contributed by atoms with Crippen LogP contribution in [0.15, 0.2) is 24.3 Å². The van der Waals surface area contributed by atoms with Crippen LogP contribution >= 0.6 is 0 Å². The van der Waals surface area contributed by atoms with E-state index in [1.54, 1.807) is 5.56 Å². The van der Waals surface area contributed by atoms with Gasteiger partial charge in [0.1, 0.15) is 0 Å². The van der Waals surface area contributed by atoms with Crippen molar-refractivity contribution in [1.29, 1.82) is 0 Å². The van der Waals surface area contributed by atoms with Crippen molar-refractivity contribution in [3.63, 3.8) is 0 Å². The Morgan fingerprint density at radius 3 is 3.00 bits per heavy atom. The zero-order chi connectivity index (χ0) is 13.8.